The molecule has 1 amide bonds. The maximum Gasteiger partial charge on any atom is 0.252 e. The zero-order chi connectivity index (χ0) is 20.6. The van der Waals surface area contributed by atoms with E-state index < -0.39 is 0 Å². The number of likely N-dealkylation sites (tertiary alicyclic amines) is 1. The van der Waals surface area contributed by atoms with Gasteiger partial charge in [0.15, 0.2) is 0 Å². The summed E-state index contributed by atoms with van der Waals surface area (Å²) in [6.07, 6.45) is 4.57. The highest BCUT2D eigenvalue weighted by Gasteiger charge is 2.13. The first-order valence-electron chi connectivity index (χ1n) is 10.7. The molecule has 1 fully saturated rings. The minimum Gasteiger partial charge on any atom is -0.348 e. The predicted molar refractivity (Wildman–Crippen MR) is 124 cm³/mol. The fraction of sp³-hybridized carbons (Fsp3) is 0.222. The number of rotatable bonds is 7. The molecule has 0 bridgehead atoms. The SMILES string of the molecule is O=C(NCc1ccc(CN2CCCC2)cc1)/C(=C/c1ccccc1)c1ccccc1. The van der Waals surface area contributed by atoms with E-state index in [0.29, 0.717) is 12.1 Å². The fourth-order valence-electron chi connectivity index (χ4n) is 3.85. The van der Waals surface area contributed by atoms with E-state index in [0.717, 1.165) is 23.2 Å². The van der Waals surface area contributed by atoms with Gasteiger partial charge in [0.05, 0.1) is 0 Å². The van der Waals surface area contributed by atoms with Crippen LogP contribution >= 0.6 is 0 Å². The Bertz CT molecular complexity index is 972. The number of nitrogens with one attached hydrogen (secondary N) is 1. The monoisotopic (exact) mass is 396 g/mol. The minimum atomic E-state index is -0.0637. The summed E-state index contributed by atoms with van der Waals surface area (Å²) < 4.78 is 0. The molecular formula is C27H28N2O. The second kappa shape index (κ2) is 10.0. The molecule has 1 aliphatic rings. The first kappa shape index (κ1) is 20.1. The van der Waals surface area contributed by atoms with Crippen molar-refractivity contribution in [2.75, 3.05) is 13.1 Å². The molecule has 4 rings (SSSR count). The van der Waals surface area contributed by atoms with Gasteiger partial charge in [0.1, 0.15) is 0 Å². The molecule has 3 aromatic rings. The molecule has 0 spiro atoms. The smallest absolute Gasteiger partial charge is 0.252 e. The topological polar surface area (TPSA) is 32.3 Å². The molecule has 30 heavy (non-hydrogen) atoms. The summed E-state index contributed by atoms with van der Waals surface area (Å²) in [5, 5.41) is 3.09. The molecule has 0 aliphatic carbocycles. The van der Waals surface area contributed by atoms with Crippen molar-refractivity contribution >= 4 is 17.6 Å². The summed E-state index contributed by atoms with van der Waals surface area (Å²) in [7, 11) is 0. The van der Waals surface area contributed by atoms with E-state index in [1.165, 1.54) is 31.5 Å². The Kier molecular flexibility index (Phi) is 6.73. The van der Waals surface area contributed by atoms with Crippen molar-refractivity contribution in [1.82, 2.24) is 10.2 Å². The van der Waals surface area contributed by atoms with Crippen LogP contribution in [0.25, 0.3) is 11.6 Å². The molecule has 152 valence electrons. The number of carbonyl (C=O) groups excluding carboxylic acids is 1. The zero-order valence-corrected chi connectivity index (χ0v) is 17.3. The van der Waals surface area contributed by atoms with Gasteiger partial charge in [-0.15, -0.1) is 0 Å². The molecule has 0 atom stereocenters. The highest BCUT2D eigenvalue weighted by molar-refractivity contribution is 6.24. The fourth-order valence-corrected chi connectivity index (χ4v) is 3.85. The van der Waals surface area contributed by atoms with E-state index in [1.54, 1.807) is 0 Å². The summed E-state index contributed by atoms with van der Waals surface area (Å²) >= 11 is 0. The van der Waals surface area contributed by atoms with Crippen LogP contribution in [0.1, 0.15) is 35.1 Å². The van der Waals surface area contributed by atoms with Gasteiger partial charge in [0, 0.05) is 18.7 Å². The van der Waals surface area contributed by atoms with E-state index in [4.69, 9.17) is 0 Å². The van der Waals surface area contributed by atoms with Crippen molar-refractivity contribution in [3.63, 3.8) is 0 Å². The Labute approximate surface area is 179 Å². The number of hydrogen-bond acceptors (Lipinski definition) is 2. The largest absolute Gasteiger partial charge is 0.348 e. The van der Waals surface area contributed by atoms with E-state index in [2.05, 4.69) is 34.5 Å². The van der Waals surface area contributed by atoms with Crippen LogP contribution in [0.4, 0.5) is 0 Å². The van der Waals surface area contributed by atoms with Crippen LogP contribution in [0, 0.1) is 0 Å². The van der Waals surface area contributed by atoms with Crippen molar-refractivity contribution < 1.29 is 4.79 Å². The third-order valence-electron chi connectivity index (χ3n) is 5.52. The molecule has 3 aromatic carbocycles. The first-order valence-corrected chi connectivity index (χ1v) is 10.7. The van der Waals surface area contributed by atoms with Crippen LogP contribution in [0.3, 0.4) is 0 Å². The number of nitrogens with zero attached hydrogens (tertiary/aromatic N) is 1. The summed E-state index contributed by atoms with van der Waals surface area (Å²) in [5.41, 5.74) is 5.05. The van der Waals surface area contributed by atoms with Crippen molar-refractivity contribution in [2.24, 2.45) is 0 Å². The Balaban J connectivity index is 1.43. The zero-order valence-electron chi connectivity index (χ0n) is 17.3. The molecule has 0 aromatic heterocycles. The van der Waals surface area contributed by atoms with Crippen LogP contribution in [0.5, 0.6) is 0 Å². The van der Waals surface area contributed by atoms with Gasteiger partial charge in [-0.3, -0.25) is 9.69 Å². The van der Waals surface area contributed by atoms with Gasteiger partial charge in [0.25, 0.3) is 5.91 Å². The Morgan fingerprint density at radius 1 is 0.800 bits per heavy atom. The van der Waals surface area contributed by atoms with Crippen molar-refractivity contribution in [2.45, 2.75) is 25.9 Å². The summed E-state index contributed by atoms with van der Waals surface area (Å²) in [6, 6.07) is 28.4. The lowest BCUT2D eigenvalue weighted by atomic mass is 10.0. The molecule has 1 heterocycles. The van der Waals surface area contributed by atoms with Crippen LogP contribution in [0.2, 0.25) is 0 Å². The van der Waals surface area contributed by atoms with Gasteiger partial charge < -0.3 is 5.32 Å². The lowest BCUT2D eigenvalue weighted by molar-refractivity contribution is -0.115. The number of amides is 1. The maximum absolute atomic E-state index is 13.0. The highest BCUT2D eigenvalue weighted by atomic mass is 16.1. The number of hydrogen-bond donors (Lipinski definition) is 1. The number of carbonyl (C=O) groups is 1. The van der Waals surface area contributed by atoms with Gasteiger partial charge in [-0.1, -0.05) is 84.9 Å². The normalized spacial score (nSPS) is 14.6. The minimum absolute atomic E-state index is 0.0637. The van der Waals surface area contributed by atoms with E-state index in [-0.39, 0.29) is 5.91 Å². The van der Waals surface area contributed by atoms with Gasteiger partial charge in [-0.05, 0) is 54.3 Å². The van der Waals surface area contributed by atoms with Crippen molar-refractivity contribution in [3.05, 3.63) is 107 Å². The van der Waals surface area contributed by atoms with Crippen molar-refractivity contribution in [3.8, 4) is 0 Å². The van der Waals surface area contributed by atoms with Crippen molar-refractivity contribution in [1.29, 1.82) is 0 Å². The predicted octanol–water partition coefficient (Wildman–Crippen LogP) is 5.14. The molecule has 3 heteroatoms. The number of benzene rings is 3. The van der Waals surface area contributed by atoms with E-state index >= 15 is 0 Å². The third kappa shape index (κ3) is 5.46. The second-order valence-corrected chi connectivity index (χ2v) is 7.82. The van der Waals surface area contributed by atoms with Gasteiger partial charge >= 0.3 is 0 Å². The second-order valence-electron chi connectivity index (χ2n) is 7.82. The molecule has 1 aliphatic heterocycles. The van der Waals surface area contributed by atoms with E-state index in [9.17, 15) is 4.79 Å². The first-order chi connectivity index (χ1) is 14.8. The molecule has 3 nitrogen and oxygen atoms in total. The molecule has 0 radical (unpaired) electrons. The maximum atomic E-state index is 13.0. The molecule has 0 unspecified atom stereocenters. The lowest BCUT2D eigenvalue weighted by Gasteiger charge is -2.15. The average molecular weight is 397 g/mol. The summed E-state index contributed by atoms with van der Waals surface area (Å²) in [5.74, 6) is -0.0637. The van der Waals surface area contributed by atoms with Crippen LogP contribution in [-0.4, -0.2) is 23.9 Å². The Hall–Kier alpha value is -3.17. The molecule has 1 saturated heterocycles. The average Bonchev–Trinajstić information content (AvgIpc) is 3.31. The Morgan fingerprint density at radius 3 is 2.07 bits per heavy atom. The third-order valence-corrected chi connectivity index (χ3v) is 5.52. The highest BCUT2D eigenvalue weighted by Crippen LogP contribution is 2.19. The molecule has 0 saturated carbocycles. The molecular weight excluding hydrogens is 368 g/mol. The molecule has 1 N–H and O–H groups in total. The van der Waals surface area contributed by atoms with Crippen LogP contribution < -0.4 is 5.32 Å². The van der Waals surface area contributed by atoms with Gasteiger partial charge in [0.2, 0.25) is 0 Å². The van der Waals surface area contributed by atoms with Gasteiger partial charge in [-0.2, -0.15) is 0 Å². The standard InChI is InChI=1S/C27H28N2O/c30-27(26(25-11-5-2-6-12-25)19-22-9-3-1-4-10-22)28-20-23-13-15-24(16-14-23)21-29-17-7-8-18-29/h1-6,9-16,19H,7-8,17-18,20-21H2,(H,28,30)/b26-19+. The quantitative estimate of drug-likeness (QED) is 0.443. The summed E-state index contributed by atoms with van der Waals surface area (Å²) in [6.45, 7) is 3.94. The van der Waals surface area contributed by atoms with Crippen LogP contribution in [0.15, 0.2) is 84.9 Å². The van der Waals surface area contributed by atoms with Crippen LogP contribution in [-0.2, 0) is 17.9 Å². The van der Waals surface area contributed by atoms with E-state index in [1.807, 2.05) is 66.7 Å². The Morgan fingerprint density at radius 2 is 1.40 bits per heavy atom. The summed E-state index contributed by atoms with van der Waals surface area (Å²) in [4.78, 5) is 15.5. The lowest BCUT2D eigenvalue weighted by Crippen LogP contribution is -2.24. The van der Waals surface area contributed by atoms with Gasteiger partial charge in [-0.25, -0.2) is 0 Å².